The number of aromatic nitrogens is 5. The van der Waals surface area contributed by atoms with Gasteiger partial charge in [-0.15, -0.1) is 0 Å². The number of benzene rings is 1. The molecule has 1 atom stereocenters. The van der Waals surface area contributed by atoms with Crippen LogP contribution in [0.5, 0.6) is 0 Å². The number of nitrogens with zero attached hydrogens (tertiary/aromatic N) is 5. The normalized spacial score (nSPS) is 12.0. The fourth-order valence-corrected chi connectivity index (χ4v) is 3.86. The van der Waals surface area contributed by atoms with Crippen LogP contribution in [0.15, 0.2) is 47.2 Å². The molecule has 3 heterocycles. The standard InChI is InChI=1S/C23H23BrN6O3/c1-5-33-23(32)18-12-26-30-19(9-10-25-21(18)30)16-7-6-8-17(11-16)27-22(31)15(4)29-14(3)20(24)13(2)28-29/h6-12,15H,5H2,1-4H3,(H,27,31). The van der Waals surface area contributed by atoms with Crippen LogP contribution in [0.4, 0.5) is 5.69 Å². The molecule has 1 unspecified atom stereocenters. The molecule has 4 rings (SSSR count). The number of nitrogens with one attached hydrogen (secondary N) is 1. The number of carbonyl (C=O) groups excluding carboxylic acids is 2. The van der Waals surface area contributed by atoms with Crippen molar-refractivity contribution in [1.29, 1.82) is 0 Å². The van der Waals surface area contributed by atoms with E-state index >= 15 is 0 Å². The quantitative estimate of drug-likeness (QED) is 0.386. The van der Waals surface area contributed by atoms with Gasteiger partial charge in [-0.2, -0.15) is 10.2 Å². The SMILES string of the molecule is CCOC(=O)c1cnn2c(-c3cccc(NC(=O)C(C)n4nc(C)c(Br)c4C)c3)ccnc12. The molecule has 9 nitrogen and oxygen atoms in total. The van der Waals surface area contributed by atoms with Gasteiger partial charge in [-0.3, -0.25) is 9.48 Å². The Labute approximate surface area is 198 Å². The fraction of sp³-hybridized carbons (Fsp3) is 0.261. The van der Waals surface area contributed by atoms with E-state index < -0.39 is 12.0 Å². The molecule has 4 aromatic rings. The molecule has 0 spiro atoms. The zero-order valence-electron chi connectivity index (χ0n) is 18.7. The third-order valence-corrected chi connectivity index (χ3v) is 6.45. The van der Waals surface area contributed by atoms with E-state index in [0.717, 1.165) is 27.1 Å². The largest absolute Gasteiger partial charge is 0.462 e. The number of hydrogen-bond donors (Lipinski definition) is 1. The van der Waals surface area contributed by atoms with Crippen LogP contribution >= 0.6 is 15.9 Å². The van der Waals surface area contributed by atoms with E-state index in [0.29, 0.717) is 16.9 Å². The topological polar surface area (TPSA) is 103 Å². The molecule has 1 aromatic carbocycles. The van der Waals surface area contributed by atoms with Crippen molar-refractivity contribution in [3.63, 3.8) is 0 Å². The number of rotatable bonds is 6. The number of aryl methyl sites for hydroxylation is 1. The Morgan fingerprint density at radius 1 is 1.24 bits per heavy atom. The van der Waals surface area contributed by atoms with Crippen molar-refractivity contribution in [3.8, 4) is 11.3 Å². The van der Waals surface area contributed by atoms with E-state index in [2.05, 4.69) is 36.4 Å². The summed E-state index contributed by atoms with van der Waals surface area (Å²) in [5.74, 6) is -0.656. The lowest BCUT2D eigenvalue weighted by Gasteiger charge is -2.15. The molecular formula is C23H23BrN6O3. The molecule has 0 saturated heterocycles. The second kappa shape index (κ2) is 9.14. The summed E-state index contributed by atoms with van der Waals surface area (Å²) in [6.07, 6.45) is 3.06. The van der Waals surface area contributed by atoms with Gasteiger partial charge >= 0.3 is 5.97 Å². The van der Waals surface area contributed by atoms with Crippen LogP contribution in [0.25, 0.3) is 16.9 Å². The molecular weight excluding hydrogens is 488 g/mol. The monoisotopic (exact) mass is 510 g/mol. The summed E-state index contributed by atoms with van der Waals surface area (Å²) >= 11 is 3.50. The van der Waals surface area contributed by atoms with Gasteiger partial charge in [0.25, 0.3) is 0 Å². The summed E-state index contributed by atoms with van der Waals surface area (Å²) in [5.41, 5.74) is 4.59. The smallest absolute Gasteiger partial charge is 0.343 e. The van der Waals surface area contributed by atoms with E-state index in [9.17, 15) is 9.59 Å². The Morgan fingerprint density at radius 2 is 2.03 bits per heavy atom. The number of fused-ring (bicyclic) bond motifs is 1. The number of ether oxygens (including phenoxy) is 1. The highest BCUT2D eigenvalue weighted by Crippen LogP contribution is 2.26. The van der Waals surface area contributed by atoms with Crippen molar-refractivity contribution in [2.24, 2.45) is 0 Å². The van der Waals surface area contributed by atoms with Crippen LogP contribution in [0, 0.1) is 13.8 Å². The number of hydrogen-bond acceptors (Lipinski definition) is 6. The van der Waals surface area contributed by atoms with Crippen LogP contribution in [-0.4, -0.2) is 42.9 Å². The Bertz CT molecular complexity index is 1360. The Balaban J connectivity index is 1.62. The highest BCUT2D eigenvalue weighted by molar-refractivity contribution is 9.10. The van der Waals surface area contributed by atoms with Crippen LogP contribution in [0.1, 0.15) is 41.6 Å². The van der Waals surface area contributed by atoms with E-state index in [1.165, 1.54) is 6.20 Å². The number of amides is 1. The molecule has 3 aromatic heterocycles. The maximum Gasteiger partial charge on any atom is 0.343 e. The first-order valence-electron chi connectivity index (χ1n) is 10.4. The summed E-state index contributed by atoms with van der Waals surface area (Å²) < 4.78 is 9.27. The first-order valence-corrected chi connectivity index (χ1v) is 11.2. The highest BCUT2D eigenvalue weighted by Gasteiger charge is 2.21. The van der Waals surface area contributed by atoms with Gasteiger partial charge in [0.15, 0.2) is 5.65 Å². The van der Waals surface area contributed by atoms with Crippen LogP contribution in [0.3, 0.4) is 0 Å². The van der Waals surface area contributed by atoms with Gasteiger partial charge in [0.2, 0.25) is 5.91 Å². The van der Waals surface area contributed by atoms with Crippen LogP contribution in [-0.2, 0) is 9.53 Å². The zero-order valence-corrected chi connectivity index (χ0v) is 20.3. The van der Waals surface area contributed by atoms with Crippen molar-refractivity contribution in [1.82, 2.24) is 24.4 Å². The first-order chi connectivity index (χ1) is 15.8. The Morgan fingerprint density at radius 3 is 2.73 bits per heavy atom. The molecule has 0 radical (unpaired) electrons. The van der Waals surface area contributed by atoms with E-state index in [-0.39, 0.29) is 12.5 Å². The third-order valence-electron chi connectivity index (χ3n) is 5.31. The minimum absolute atomic E-state index is 0.186. The van der Waals surface area contributed by atoms with Gasteiger partial charge in [-0.25, -0.2) is 14.3 Å². The number of anilines is 1. The van der Waals surface area contributed by atoms with E-state index in [1.54, 1.807) is 35.3 Å². The van der Waals surface area contributed by atoms with Gasteiger partial charge < -0.3 is 10.1 Å². The number of carbonyl (C=O) groups is 2. The highest BCUT2D eigenvalue weighted by atomic mass is 79.9. The summed E-state index contributed by atoms with van der Waals surface area (Å²) in [4.78, 5) is 29.4. The van der Waals surface area contributed by atoms with Gasteiger partial charge in [0, 0.05) is 17.4 Å². The second-order valence-electron chi connectivity index (χ2n) is 7.52. The lowest BCUT2D eigenvalue weighted by Crippen LogP contribution is -2.25. The van der Waals surface area contributed by atoms with Crippen LogP contribution < -0.4 is 5.32 Å². The van der Waals surface area contributed by atoms with Crippen LogP contribution in [0.2, 0.25) is 0 Å². The van der Waals surface area contributed by atoms with Gasteiger partial charge in [-0.1, -0.05) is 12.1 Å². The predicted octanol–water partition coefficient (Wildman–Crippen LogP) is 4.35. The number of halogens is 1. The average Bonchev–Trinajstić information content (AvgIpc) is 3.35. The minimum atomic E-state index is -0.496. The third kappa shape index (κ3) is 4.25. The lowest BCUT2D eigenvalue weighted by atomic mass is 10.1. The fourth-order valence-electron chi connectivity index (χ4n) is 3.60. The molecule has 0 fully saturated rings. The molecule has 1 N–H and O–H groups in total. The summed E-state index contributed by atoms with van der Waals surface area (Å²) in [5, 5.41) is 11.7. The van der Waals surface area contributed by atoms with Gasteiger partial charge in [0.1, 0.15) is 11.6 Å². The zero-order chi connectivity index (χ0) is 23.7. The van der Waals surface area contributed by atoms with Crippen molar-refractivity contribution >= 4 is 39.1 Å². The average molecular weight is 511 g/mol. The van der Waals surface area contributed by atoms with Gasteiger partial charge in [-0.05, 0) is 61.8 Å². The maximum atomic E-state index is 12.9. The van der Waals surface area contributed by atoms with E-state index in [1.807, 2.05) is 38.1 Å². The predicted molar refractivity (Wildman–Crippen MR) is 127 cm³/mol. The first kappa shape index (κ1) is 22.7. The Kier molecular flexibility index (Phi) is 6.28. The summed E-state index contributed by atoms with van der Waals surface area (Å²) in [6.45, 7) is 7.62. The maximum absolute atomic E-state index is 12.9. The minimum Gasteiger partial charge on any atom is -0.462 e. The van der Waals surface area contributed by atoms with E-state index in [4.69, 9.17) is 4.74 Å². The van der Waals surface area contributed by atoms with Crippen molar-refractivity contribution in [3.05, 3.63) is 64.1 Å². The lowest BCUT2D eigenvalue weighted by molar-refractivity contribution is -0.119. The molecule has 170 valence electrons. The molecule has 0 aliphatic rings. The van der Waals surface area contributed by atoms with Crippen molar-refractivity contribution < 1.29 is 14.3 Å². The second-order valence-corrected chi connectivity index (χ2v) is 8.31. The Hall–Kier alpha value is -3.53. The van der Waals surface area contributed by atoms with Crippen molar-refractivity contribution in [2.75, 3.05) is 11.9 Å². The van der Waals surface area contributed by atoms with Gasteiger partial charge in [0.05, 0.1) is 34.4 Å². The molecule has 0 saturated carbocycles. The summed E-state index contributed by atoms with van der Waals surface area (Å²) in [7, 11) is 0. The molecule has 1 amide bonds. The molecule has 10 heteroatoms. The van der Waals surface area contributed by atoms with Crippen molar-refractivity contribution in [2.45, 2.75) is 33.7 Å². The number of esters is 1. The molecule has 0 aliphatic heterocycles. The molecule has 0 bridgehead atoms. The summed E-state index contributed by atoms with van der Waals surface area (Å²) in [6, 6.07) is 8.71. The molecule has 33 heavy (non-hydrogen) atoms. The molecule has 0 aliphatic carbocycles.